The molecule has 4 nitrogen and oxygen atoms in total. The van der Waals surface area contributed by atoms with Crippen LogP contribution < -0.4 is 5.32 Å². The van der Waals surface area contributed by atoms with Crippen LogP contribution in [0.3, 0.4) is 0 Å². The maximum Gasteiger partial charge on any atom is 0.244 e. The monoisotopic (exact) mass is 277 g/mol. The third-order valence-corrected chi connectivity index (χ3v) is 2.50. The number of hydrogen-bond acceptors (Lipinski definition) is 3. The molecule has 0 radical (unpaired) electrons. The van der Waals surface area contributed by atoms with Crippen LogP contribution in [0.4, 0.5) is 0 Å². The Kier molecular flexibility index (Phi) is 7.62. The van der Waals surface area contributed by atoms with Crippen LogP contribution in [0.25, 0.3) is 6.08 Å². The van der Waals surface area contributed by atoms with E-state index in [1.807, 2.05) is 44.2 Å². The van der Waals surface area contributed by atoms with Gasteiger partial charge in [0.05, 0.1) is 12.7 Å². The third kappa shape index (κ3) is 7.71. The highest BCUT2D eigenvalue weighted by atomic mass is 16.5. The smallest absolute Gasteiger partial charge is 0.244 e. The number of aliphatic hydroxyl groups excluding tert-OH is 1. The first-order chi connectivity index (χ1) is 9.58. The number of carbonyl (C=O) groups is 1. The van der Waals surface area contributed by atoms with Gasteiger partial charge in [0, 0.05) is 19.2 Å². The lowest BCUT2D eigenvalue weighted by Crippen LogP contribution is -2.33. The molecule has 20 heavy (non-hydrogen) atoms. The van der Waals surface area contributed by atoms with Crippen LogP contribution in [0.5, 0.6) is 0 Å². The van der Waals surface area contributed by atoms with Gasteiger partial charge >= 0.3 is 0 Å². The van der Waals surface area contributed by atoms with Crippen LogP contribution in [0, 0.1) is 5.92 Å². The van der Waals surface area contributed by atoms with Crippen molar-refractivity contribution < 1.29 is 14.6 Å². The molecule has 0 fully saturated rings. The molecule has 1 amide bonds. The molecule has 0 aromatic heterocycles. The Bertz CT molecular complexity index is 415. The zero-order valence-electron chi connectivity index (χ0n) is 12.1. The first kappa shape index (κ1) is 16.4. The average molecular weight is 277 g/mol. The molecule has 1 atom stereocenters. The largest absolute Gasteiger partial charge is 0.389 e. The van der Waals surface area contributed by atoms with Gasteiger partial charge in [-0.2, -0.15) is 0 Å². The summed E-state index contributed by atoms with van der Waals surface area (Å²) in [4.78, 5) is 11.6. The quantitative estimate of drug-likeness (QED) is 0.713. The second-order valence-corrected chi connectivity index (χ2v) is 5.07. The molecule has 0 saturated carbocycles. The van der Waals surface area contributed by atoms with Crippen molar-refractivity contribution in [1.82, 2.24) is 5.32 Å². The van der Waals surface area contributed by atoms with Crippen molar-refractivity contribution in [2.24, 2.45) is 5.92 Å². The van der Waals surface area contributed by atoms with Gasteiger partial charge in [-0.05, 0) is 17.6 Å². The highest BCUT2D eigenvalue weighted by Crippen LogP contribution is 2.00. The normalized spacial score (nSPS) is 12.8. The Labute approximate surface area is 120 Å². The molecule has 2 N–H and O–H groups in total. The summed E-state index contributed by atoms with van der Waals surface area (Å²) in [7, 11) is 0. The minimum Gasteiger partial charge on any atom is -0.389 e. The number of rotatable bonds is 8. The summed E-state index contributed by atoms with van der Waals surface area (Å²) < 4.78 is 5.30. The van der Waals surface area contributed by atoms with Crippen molar-refractivity contribution in [1.29, 1.82) is 0 Å². The van der Waals surface area contributed by atoms with E-state index in [9.17, 15) is 9.90 Å². The fourth-order valence-corrected chi connectivity index (χ4v) is 1.51. The summed E-state index contributed by atoms with van der Waals surface area (Å²) in [5.41, 5.74) is 0.962. The topological polar surface area (TPSA) is 58.6 Å². The van der Waals surface area contributed by atoms with Gasteiger partial charge < -0.3 is 15.2 Å². The van der Waals surface area contributed by atoms with E-state index < -0.39 is 6.10 Å². The standard InChI is InChI=1S/C16H23NO3/c1-13(2)11-20-12-15(18)10-17-16(19)9-8-14-6-4-3-5-7-14/h3-9,13,15,18H,10-12H2,1-2H3,(H,17,19)/b9-8+. The minimum absolute atomic E-state index is 0.191. The van der Waals surface area contributed by atoms with Gasteiger partial charge in [-0.25, -0.2) is 0 Å². The van der Waals surface area contributed by atoms with E-state index in [1.165, 1.54) is 6.08 Å². The summed E-state index contributed by atoms with van der Waals surface area (Å²) in [5.74, 6) is 0.211. The van der Waals surface area contributed by atoms with Gasteiger partial charge in [0.2, 0.25) is 5.91 Å². The Morgan fingerprint density at radius 1 is 1.30 bits per heavy atom. The van der Waals surface area contributed by atoms with Crippen molar-refractivity contribution in [3.63, 3.8) is 0 Å². The summed E-state index contributed by atoms with van der Waals surface area (Å²) in [6.45, 7) is 5.13. The Morgan fingerprint density at radius 2 is 2.00 bits per heavy atom. The number of benzene rings is 1. The fraction of sp³-hybridized carbons (Fsp3) is 0.438. The van der Waals surface area contributed by atoms with Crippen LogP contribution >= 0.6 is 0 Å². The maximum absolute atomic E-state index is 11.6. The molecule has 0 aliphatic heterocycles. The van der Waals surface area contributed by atoms with E-state index in [0.29, 0.717) is 12.5 Å². The molecule has 0 heterocycles. The molecule has 4 heteroatoms. The Hall–Kier alpha value is -1.65. The molecule has 0 aliphatic rings. The number of hydrogen-bond donors (Lipinski definition) is 2. The number of carbonyl (C=O) groups excluding carboxylic acids is 1. The predicted molar refractivity (Wildman–Crippen MR) is 80.1 cm³/mol. The van der Waals surface area contributed by atoms with Crippen LogP contribution in [0.1, 0.15) is 19.4 Å². The van der Waals surface area contributed by atoms with E-state index in [4.69, 9.17) is 4.74 Å². The molecule has 1 rings (SSSR count). The van der Waals surface area contributed by atoms with Crippen LogP contribution in [0.15, 0.2) is 36.4 Å². The van der Waals surface area contributed by atoms with Gasteiger partial charge in [0.25, 0.3) is 0 Å². The van der Waals surface area contributed by atoms with Crippen molar-refractivity contribution in [2.45, 2.75) is 20.0 Å². The second kappa shape index (κ2) is 9.28. The molecular weight excluding hydrogens is 254 g/mol. The molecular formula is C16H23NO3. The number of aliphatic hydroxyl groups is 1. The zero-order chi connectivity index (χ0) is 14.8. The lowest BCUT2D eigenvalue weighted by atomic mass is 10.2. The van der Waals surface area contributed by atoms with Crippen LogP contribution in [0.2, 0.25) is 0 Å². The molecule has 0 bridgehead atoms. The van der Waals surface area contributed by atoms with E-state index in [0.717, 1.165) is 5.56 Å². The lowest BCUT2D eigenvalue weighted by Gasteiger charge is -2.12. The van der Waals surface area contributed by atoms with Crippen molar-refractivity contribution >= 4 is 12.0 Å². The summed E-state index contributed by atoms with van der Waals surface area (Å²) in [5, 5.41) is 12.3. The molecule has 110 valence electrons. The highest BCUT2D eigenvalue weighted by molar-refractivity contribution is 5.91. The number of amides is 1. The average Bonchev–Trinajstić information content (AvgIpc) is 2.43. The molecule has 0 saturated heterocycles. The molecule has 1 aromatic rings. The molecule has 1 aromatic carbocycles. The number of ether oxygens (including phenoxy) is 1. The van der Waals surface area contributed by atoms with Gasteiger partial charge in [-0.15, -0.1) is 0 Å². The van der Waals surface area contributed by atoms with E-state index in [1.54, 1.807) is 6.08 Å². The van der Waals surface area contributed by atoms with Gasteiger partial charge in [-0.1, -0.05) is 44.2 Å². The Morgan fingerprint density at radius 3 is 2.65 bits per heavy atom. The molecule has 1 unspecified atom stereocenters. The zero-order valence-corrected chi connectivity index (χ0v) is 12.1. The second-order valence-electron chi connectivity index (χ2n) is 5.07. The Balaban J connectivity index is 2.21. The van der Waals surface area contributed by atoms with Crippen LogP contribution in [-0.2, 0) is 9.53 Å². The number of nitrogens with one attached hydrogen (secondary N) is 1. The maximum atomic E-state index is 11.6. The van der Waals surface area contributed by atoms with Crippen molar-refractivity contribution in [3.05, 3.63) is 42.0 Å². The first-order valence-corrected chi connectivity index (χ1v) is 6.84. The van der Waals surface area contributed by atoms with E-state index in [-0.39, 0.29) is 19.1 Å². The molecule has 0 aliphatic carbocycles. The summed E-state index contributed by atoms with van der Waals surface area (Å²) >= 11 is 0. The van der Waals surface area contributed by atoms with Gasteiger partial charge in [-0.3, -0.25) is 4.79 Å². The predicted octanol–water partition coefficient (Wildman–Crippen LogP) is 1.85. The van der Waals surface area contributed by atoms with Gasteiger partial charge in [0.15, 0.2) is 0 Å². The first-order valence-electron chi connectivity index (χ1n) is 6.84. The summed E-state index contributed by atoms with van der Waals surface area (Å²) in [6, 6.07) is 9.57. The fourth-order valence-electron chi connectivity index (χ4n) is 1.51. The van der Waals surface area contributed by atoms with Crippen LogP contribution in [-0.4, -0.2) is 36.9 Å². The van der Waals surface area contributed by atoms with Gasteiger partial charge in [0.1, 0.15) is 0 Å². The highest BCUT2D eigenvalue weighted by Gasteiger charge is 2.06. The molecule has 0 spiro atoms. The minimum atomic E-state index is -0.678. The van der Waals surface area contributed by atoms with E-state index >= 15 is 0 Å². The third-order valence-electron chi connectivity index (χ3n) is 2.50. The SMILES string of the molecule is CC(C)COCC(O)CNC(=O)/C=C/c1ccccc1. The summed E-state index contributed by atoms with van der Waals surface area (Å²) in [6.07, 6.45) is 2.51. The van der Waals surface area contributed by atoms with Crippen molar-refractivity contribution in [3.8, 4) is 0 Å². The lowest BCUT2D eigenvalue weighted by molar-refractivity contribution is -0.117. The van der Waals surface area contributed by atoms with Crippen molar-refractivity contribution in [2.75, 3.05) is 19.8 Å². The van der Waals surface area contributed by atoms with E-state index in [2.05, 4.69) is 5.32 Å².